The van der Waals surface area contributed by atoms with E-state index < -0.39 is 4.92 Å². The van der Waals surface area contributed by atoms with Gasteiger partial charge in [0.1, 0.15) is 0 Å². The van der Waals surface area contributed by atoms with Crippen LogP contribution in [0.2, 0.25) is 0 Å². The molecule has 0 aromatic heterocycles. The number of nitrogens with one attached hydrogen (secondary N) is 1. The van der Waals surface area contributed by atoms with Gasteiger partial charge in [-0.2, -0.15) is 5.10 Å². The van der Waals surface area contributed by atoms with Crippen LogP contribution in [-0.2, 0) is 11.2 Å². The summed E-state index contributed by atoms with van der Waals surface area (Å²) >= 11 is 0. The fourth-order valence-corrected chi connectivity index (χ4v) is 1.92. The highest BCUT2D eigenvalue weighted by Gasteiger charge is 2.07. The number of benzene rings is 1. The number of rotatable bonds is 8. The summed E-state index contributed by atoms with van der Waals surface area (Å²) in [5.74, 6) is -0.214. The Morgan fingerprint density at radius 1 is 1.19 bits per heavy atom. The Balaban J connectivity index is 2.56. The van der Waals surface area contributed by atoms with E-state index in [2.05, 4.69) is 24.4 Å². The Hall–Kier alpha value is -2.24. The number of carbonyl (C=O) groups is 1. The lowest BCUT2D eigenvalue weighted by Gasteiger charge is -2.05. The van der Waals surface area contributed by atoms with Crippen molar-refractivity contribution in [3.63, 3.8) is 0 Å². The molecule has 0 saturated carbocycles. The largest absolute Gasteiger partial charge is 0.273 e. The van der Waals surface area contributed by atoms with Crippen LogP contribution in [-0.4, -0.2) is 16.5 Å². The monoisotopic (exact) mass is 291 g/mol. The predicted molar refractivity (Wildman–Crippen MR) is 82.2 cm³/mol. The Morgan fingerprint density at radius 2 is 1.76 bits per heavy atom. The minimum atomic E-state index is -0.462. The minimum absolute atomic E-state index is 0.0188. The quantitative estimate of drug-likeness (QED) is 0.453. The van der Waals surface area contributed by atoms with Gasteiger partial charge in [0, 0.05) is 17.8 Å². The molecule has 1 aromatic rings. The van der Waals surface area contributed by atoms with E-state index in [1.165, 1.54) is 12.1 Å². The molecule has 6 heteroatoms. The van der Waals surface area contributed by atoms with Gasteiger partial charge in [-0.1, -0.05) is 38.8 Å². The molecule has 1 amide bonds. The number of amides is 1. The molecule has 21 heavy (non-hydrogen) atoms. The Labute approximate surface area is 124 Å². The van der Waals surface area contributed by atoms with Gasteiger partial charge in [0.05, 0.1) is 11.3 Å². The lowest BCUT2D eigenvalue weighted by Crippen LogP contribution is -2.21. The van der Waals surface area contributed by atoms with Crippen LogP contribution in [0.25, 0.3) is 0 Å². The van der Waals surface area contributed by atoms with E-state index in [-0.39, 0.29) is 18.0 Å². The molecule has 114 valence electrons. The predicted octanol–water partition coefficient (Wildman–Crippen LogP) is 3.21. The lowest BCUT2D eigenvalue weighted by molar-refractivity contribution is -0.384. The fraction of sp³-hybridized carbons (Fsp3) is 0.467. The van der Waals surface area contributed by atoms with Crippen LogP contribution in [0.15, 0.2) is 29.4 Å². The third-order valence-electron chi connectivity index (χ3n) is 2.93. The van der Waals surface area contributed by atoms with Crippen LogP contribution in [0.4, 0.5) is 5.69 Å². The van der Waals surface area contributed by atoms with Crippen LogP contribution in [0.5, 0.6) is 0 Å². The van der Waals surface area contributed by atoms with Crippen molar-refractivity contribution in [3.8, 4) is 0 Å². The number of carbonyl (C=O) groups excluding carboxylic acids is 1. The third kappa shape index (κ3) is 6.16. The van der Waals surface area contributed by atoms with Crippen LogP contribution >= 0.6 is 0 Å². The second kappa shape index (κ2) is 8.84. The fourth-order valence-electron chi connectivity index (χ4n) is 1.92. The first-order chi connectivity index (χ1) is 10.1. The molecular weight excluding hydrogens is 270 g/mol. The molecule has 0 saturated heterocycles. The zero-order chi connectivity index (χ0) is 15.7. The van der Waals surface area contributed by atoms with Crippen molar-refractivity contribution in [2.24, 2.45) is 5.10 Å². The van der Waals surface area contributed by atoms with Gasteiger partial charge in [0.2, 0.25) is 5.91 Å². The molecule has 6 nitrogen and oxygen atoms in total. The summed E-state index contributed by atoms with van der Waals surface area (Å²) in [6.07, 6.45) is 3.92. The van der Waals surface area contributed by atoms with Crippen LogP contribution in [0, 0.1) is 10.1 Å². The zero-order valence-corrected chi connectivity index (χ0v) is 12.5. The SMILES string of the molecule is CCCC(CCC)=NNC(=O)Cc1ccc([N+](=O)[O-])cc1. The van der Waals surface area contributed by atoms with Gasteiger partial charge in [-0.05, 0) is 18.4 Å². The Bertz CT molecular complexity index is 501. The summed E-state index contributed by atoms with van der Waals surface area (Å²) in [4.78, 5) is 21.9. The number of nitrogens with zero attached hydrogens (tertiary/aromatic N) is 2. The van der Waals surface area contributed by atoms with Crippen molar-refractivity contribution in [3.05, 3.63) is 39.9 Å². The van der Waals surface area contributed by atoms with Crippen molar-refractivity contribution in [2.75, 3.05) is 0 Å². The maximum atomic E-state index is 11.8. The molecule has 0 atom stereocenters. The minimum Gasteiger partial charge on any atom is -0.273 e. The number of non-ortho nitro benzene ring substituents is 1. The van der Waals surface area contributed by atoms with Gasteiger partial charge in [0.15, 0.2) is 0 Å². The highest BCUT2D eigenvalue weighted by Crippen LogP contribution is 2.12. The molecule has 1 rings (SSSR count). The summed E-state index contributed by atoms with van der Waals surface area (Å²) in [5, 5.41) is 14.7. The van der Waals surface area contributed by atoms with E-state index in [0.717, 1.165) is 37.0 Å². The van der Waals surface area contributed by atoms with Crippen LogP contribution in [0.1, 0.15) is 45.1 Å². The van der Waals surface area contributed by atoms with E-state index >= 15 is 0 Å². The smallest absolute Gasteiger partial charge is 0.269 e. The number of nitro groups is 1. The highest BCUT2D eigenvalue weighted by molar-refractivity contribution is 5.86. The molecule has 0 radical (unpaired) electrons. The summed E-state index contributed by atoms with van der Waals surface area (Å²) in [7, 11) is 0. The molecule has 1 N–H and O–H groups in total. The van der Waals surface area contributed by atoms with Crippen molar-refractivity contribution in [1.29, 1.82) is 0 Å². The molecule has 0 unspecified atom stereocenters. The Kier molecular flexibility index (Phi) is 7.08. The van der Waals surface area contributed by atoms with E-state index in [4.69, 9.17) is 0 Å². The zero-order valence-electron chi connectivity index (χ0n) is 12.5. The molecule has 0 aliphatic rings. The van der Waals surface area contributed by atoms with Gasteiger partial charge in [-0.25, -0.2) is 5.43 Å². The van der Waals surface area contributed by atoms with Gasteiger partial charge in [0.25, 0.3) is 5.69 Å². The summed E-state index contributed by atoms with van der Waals surface area (Å²) in [6.45, 7) is 4.15. The van der Waals surface area contributed by atoms with Crippen LogP contribution in [0.3, 0.4) is 0 Å². The number of nitro benzene ring substituents is 1. The van der Waals surface area contributed by atoms with E-state index in [9.17, 15) is 14.9 Å². The van der Waals surface area contributed by atoms with Gasteiger partial charge >= 0.3 is 0 Å². The first-order valence-corrected chi connectivity index (χ1v) is 7.14. The third-order valence-corrected chi connectivity index (χ3v) is 2.93. The van der Waals surface area contributed by atoms with Crippen molar-refractivity contribution in [2.45, 2.75) is 46.0 Å². The molecule has 1 aromatic carbocycles. The number of hydrogen-bond acceptors (Lipinski definition) is 4. The lowest BCUT2D eigenvalue weighted by atomic mass is 10.1. The van der Waals surface area contributed by atoms with Crippen LogP contribution < -0.4 is 5.43 Å². The summed E-state index contributed by atoms with van der Waals surface area (Å²) in [6, 6.07) is 5.96. The number of hydrazone groups is 1. The summed E-state index contributed by atoms with van der Waals surface area (Å²) < 4.78 is 0. The second-order valence-corrected chi connectivity index (χ2v) is 4.81. The van der Waals surface area contributed by atoms with Crippen molar-refractivity contribution >= 4 is 17.3 Å². The topological polar surface area (TPSA) is 84.6 Å². The van der Waals surface area contributed by atoms with E-state index in [1.807, 2.05) is 0 Å². The van der Waals surface area contributed by atoms with Gasteiger partial charge in [-0.15, -0.1) is 0 Å². The maximum Gasteiger partial charge on any atom is 0.269 e. The first-order valence-electron chi connectivity index (χ1n) is 7.14. The maximum absolute atomic E-state index is 11.8. The molecule has 0 spiro atoms. The Morgan fingerprint density at radius 3 is 2.24 bits per heavy atom. The van der Waals surface area contributed by atoms with E-state index in [1.54, 1.807) is 12.1 Å². The molecule has 0 bridgehead atoms. The second-order valence-electron chi connectivity index (χ2n) is 4.81. The molecule has 0 aliphatic heterocycles. The van der Waals surface area contributed by atoms with Crippen molar-refractivity contribution < 1.29 is 9.72 Å². The molecular formula is C15H21N3O3. The standard InChI is InChI=1S/C15H21N3O3/c1-3-5-13(6-4-2)16-17-15(19)11-12-7-9-14(10-8-12)18(20)21/h7-10H,3-6,11H2,1-2H3,(H,17,19). The first kappa shape index (κ1) is 16.8. The highest BCUT2D eigenvalue weighted by atomic mass is 16.6. The molecule has 0 heterocycles. The molecule has 0 fully saturated rings. The average molecular weight is 291 g/mol. The summed E-state index contributed by atoms with van der Waals surface area (Å²) in [5.41, 5.74) is 4.29. The van der Waals surface area contributed by atoms with Gasteiger partial charge in [-0.3, -0.25) is 14.9 Å². The normalized spacial score (nSPS) is 10.0. The number of hydrogen-bond donors (Lipinski definition) is 1. The average Bonchev–Trinajstić information content (AvgIpc) is 2.46. The van der Waals surface area contributed by atoms with E-state index in [0.29, 0.717) is 0 Å². The van der Waals surface area contributed by atoms with Gasteiger partial charge < -0.3 is 0 Å². The molecule has 0 aliphatic carbocycles. The van der Waals surface area contributed by atoms with Crippen molar-refractivity contribution in [1.82, 2.24) is 5.43 Å².